The van der Waals surface area contributed by atoms with Crippen LogP contribution in [-0.4, -0.2) is 85.2 Å². The van der Waals surface area contributed by atoms with E-state index in [0.717, 1.165) is 60.7 Å². The lowest BCUT2D eigenvalue weighted by atomic mass is 9.65. The van der Waals surface area contributed by atoms with Crippen molar-refractivity contribution in [3.05, 3.63) is 91.5 Å². The van der Waals surface area contributed by atoms with Gasteiger partial charge in [0, 0.05) is 52.6 Å². The molecule has 2 aliphatic carbocycles. The standard InChI is InChI=1S/C36H32Cl2N10O6S2.C9H18O/c1-17-7-20(22-9-28(37)41-15-26(22)52-3)24(13-39-17)30(49)44-33-46-48-35(56-33)54-19-11-36(2,12-19)6-5-18-8-21(23-10-29(38)42-16-27(23)53-4)25(14-40-18)31(50)43-32-45-47-34(51)55-32;1-2-8-10-9-6-4-3-5-7-9/h7-10,13-16,19H,5-6,11-12H2,1-4H3,(H,47,51)(H,43,45,50)(H,44,46,49);9H,2-8H2,1H3. The number of H-pyrrole nitrogens is 1. The van der Waals surface area contributed by atoms with E-state index in [1.54, 1.807) is 18.2 Å². The molecule has 2 fully saturated rings. The average molecular weight is 978 g/mol. The molecule has 0 spiro atoms. The zero-order valence-electron chi connectivity index (χ0n) is 37.1. The molecule has 3 N–H and O–H groups in total. The van der Waals surface area contributed by atoms with Gasteiger partial charge >= 0.3 is 4.87 Å². The minimum absolute atomic E-state index is 0.0505. The zero-order valence-corrected chi connectivity index (χ0v) is 40.3. The van der Waals surface area contributed by atoms with Gasteiger partial charge in [-0.2, -0.15) is 0 Å². The van der Waals surface area contributed by atoms with Gasteiger partial charge in [0.25, 0.3) is 17.0 Å². The summed E-state index contributed by atoms with van der Waals surface area (Å²) in [5.41, 5.74) is 4.20. The number of aromatic nitrogens is 8. The van der Waals surface area contributed by atoms with Crippen molar-refractivity contribution in [3.63, 3.8) is 0 Å². The van der Waals surface area contributed by atoms with Crippen LogP contribution in [0, 0.1) is 12.3 Å². The van der Waals surface area contributed by atoms with Crippen LogP contribution in [0.1, 0.15) is 104 Å². The predicted molar refractivity (Wildman–Crippen MR) is 255 cm³/mol. The lowest BCUT2D eigenvalue weighted by Crippen LogP contribution is -2.42. The maximum absolute atomic E-state index is 13.5. The molecule has 348 valence electrons. The summed E-state index contributed by atoms with van der Waals surface area (Å²) in [4.78, 5) is 55.1. The number of hydrogen-bond acceptors (Lipinski definition) is 16. The Morgan fingerprint density at radius 2 is 1.41 bits per heavy atom. The van der Waals surface area contributed by atoms with Gasteiger partial charge in [-0.25, -0.2) is 15.1 Å². The summed E-state index contributed by atoms with van der Waals surface area (Å²) in [6.45, 7) is 7.14. The fraction of sp³-hybridized carbons (Fsp3) is 0.422. The van der Waals surface area contributed by atoms with Crippen LogP contribution in [0.3, 0.4) is 0 Å². The van der Waals surface area contributed by atoms with E-state index >= 15 is 0 Å². The van der Waals surface area contributed by atoms with Crippen molar-refractivity contribution in [2.45, 2.75) is 97.2 Å². The number of amides is 2. The Morgan fingerprint density at radius 3 is 2.02 bits per heavy atom. The quantitative estimate of drug-likeness (QED) is 0.0770. The topological polar surface area (TPSA) is 218 Å². The third-order valence-corrected chi connectivity index (χ3v) is 13.1. The number of methoxy groups -OCH3 is 2. The molecule has 6 aromatic heterocycles. The minimum Gasteiger partial charge on any atom is -0.494 e. The molecule has 0 aliphatic heterocycles. The first-order valence-electron chi connectivity index (χ1n) is 21.5. The Hall–Kier alpha value is -5.60. The van der Waals surface area contributed by atoms with Crippen LogP contribution >= 0.6 is 45.9 Å². The molecule has 8 rings (SSSR count). The predicted octanol–water partition coefficient (Wildman–Crippen LogP) is 9.66. The summed E-state index contributed by atoms with van der Waals surface area (Å²) in [7, 11) is 3.02. The van der Waals surface area contributed by atoms with Crippen LogP contribution in [0.2, 0.25) is 10.3 Å². The highest BCUT2D eigenvalue weighted by Gasteiger charge is 2.42. The number of nitrogens with one attached hydrogen (secondary N) is 3. The van der Waals surface area contributed by atoms with Crippen molar-refractivity contribution in [2.24, 2.45) is 5.41 Å². The highest BCUT2D eigenvalue weighted by molar-refractivity contribution is 7.17. The van der Waals surface area contributed by atoms with E-state index in [-0.39, 0.29) is 37.7 Å². The second kappa shape index (κ2) is 22.3. The van der Waals surface area contributed by atoms with E-state index in [2.05, 4.69) is 64.8 Å². The highest BCUT2D eigenvalue weighted by Crippen LogP contribution is 2.47. The fourth-order valence-corrected chi connectivity index (χ4v) is 9.39. The van der Waals surface area contributed by atoms with Crippen LogP contribution < -0.4 is 29.7 Å². The molecule has 21 heteroatoms. The van der Waals surface area contributed by atoms with Gasteiger partial charge in [-0.05, 0) is 104 Å². The first-order valence-corrected chi connectivity index (χ1v) is 23.9. The SMILES string of the molecule is CCCOC1CCCCC1.COc1cnc(Cl)cc1-c1cc(C)ncc1C(=O)Nc1nnc(OC2CC(C)(CCc3cc(-c4cc(Cl)ncc4OC)c(C(=O)Nc4n[nH]c(=O)s4)cn3)C2)s1. The van der Waals surface area contributed by atoms with Gasteiger partial charge < -0.3 is 18.9 Å². The molecule has 2 aliphatic rings. The van der Waals surface area contributed by atoms with Gasteiger partial charge in [0.05, 0.1) is 43.8 Å². The first-order chi connectivity index (χ1) is 31.8. The van der Waals surface area contributed by atoms with Crippen molar-refractivity contribution in [2.75, 3.05) is 31.5 Å². The summed E-state index contributed by atoms with van der Waals surface area (Å²) in [5.74, 6) is -0.0671. The molecule has 0 aromatic carbocycles. The fourth-order valence-electron chi connectivity index (χ4n) is 7.92. The Balaban J connectivity index is 0.000000574. The largest absolute Gasteiger partial charge is 0.494 e. The summed E-state index contributed by atoms with van der Waals surface area (Å²) in [5, 5.41) is 21.1. The molecule has 0 atom stereocenters. The second-order valence-electron chi connectivity index (χ2n) is 16.3. The molecule has 6 heterocycles. The molecule has 66 heavy (non-hydrogen) atoms. The van der Waals surface area contributed by atoms with E-state index in [4.69, 9.17) is 42.1 Å². The molecule has 2 saturated carbocycles. The van der Waals surface area contributed by atoms with Gasteiger partial charge in [0.2, 0.25) is 10.3 Å². The van der Waals surface area contributed by atoms with Crippen molar-refractivity contribution < 1.29 is 28.5 Å². The Bertz CT molecular complexity index is 2700. The van der Waals surface area contributed by atoms with E-state index in [1.165, 1.54) is 71.1 Å². The van der Waals surface area contributed by atoms with Crippen molar-refractivity contribution >= 4 is 68.0 Å². The van der Waals surface area contributed by atoms with Crippen molar-refractivity contribution in [1.29, 1.82) is 0 Å². The summed E-state index contributed by atoms with van der Waals surface area (Å²) in [6, 6.07) is 6.86. The van der Waals surface area contributed by atoms with Crippen LogP contribution in [0.4, 0.5) is 10.3 Å². The van der Waals surface area contributed by atoms with Gasteiger partial charge in [0.15, 0.2) is 0 Å². The lowest BCUT2D eigenvalue weighted by Gasteiger charge is -2.44. The number of anilines is 2. The monoisotopic (exact) mass is 976 g/mol. The van der Waals surface area contributed by atoms with Crippen molar-refractivity contribution in [1.82, 2.24) is 40.3 Å². The Morgan fingerprint density at radius 1 is 0.788 bits per heavy atom. The summed E-state index contributed by atoms with van der Waals surface area (Å²) >= 11 is 14.3. The maximum Gasteiger partial charge on any atom is 0.324 e. The number of pyridine rings is 4. The average Bonchev–Trinajstić information content (AvgIpc) is 3.94. The van der Waals surface area contributed by atoms with Crippen LogP contribution in [-0.2, 0) is 11.2 Å². The van der Waals surface area contributed by atoms with E-state index in [1.807, 2.05) is 13.0 Å². The number of carbonyl (C=O) groups is 2. The number of nitrogens with zero attached hydrogens (tertiary/aromatic N) is 7. The molecule has 6 aromatic rings. The number of aryl methyl sites for hydroxylation is 2. The van der Waals surface area contributed by atoms with E-state index < -0.39 is 16.7 Å². The second-order valence-corrected chi connectivity index (χ2v) is 19.0. The molecule has 0 radical (unpaired) electrons. The molecule has 2 amide bonds. The molecule has 0 bridgehead atoms. The van der Waals surface area contributed by atoms with Crippen LogP contribution in [0.5, 0.6) is 16.7 Å². The van der Waals surface area contributed by atoms with Gasteiger partial charge in [-0.1, -0.05) is 61.4 Å². The number of aromatic amines is 1. The zero-order chi connectivity index (χ0) is 46.8. The van der Waals surface area contributed by atoms with Crippen LogP contribution in [0.15, 0.2) is 53.8 Å². The number of hydrogen-bond donors (Lipinski definition) is 3. The molecular weight excluding hydrogens is 928 g/mol. The molecule has 17 nitrogen and oxygen atoms in total. The Kier molecular flexibility index (Phi) is 16.3. The lowest BCUT2D eigenvalue weighted by molar-refractivity contribution is -0.00825. The third kappa shape index (κ3) is 12.4. The van der Waals surface area contributed by atoms with E-state index in [9.17, 15) is 14.4 Å². The van der Waals surface area contributed by atoms with Gasteiger partial charge in [-0.15, -0.1) is 10.2 Å². The maximum atomic E-state index is 13.5. The normalized spacial score (nSPS) is 16.9. The number of carbonyl (C=O) groups excluding carboxylic acids is 2. The van der Waals surface area contributed by atoms with Gasteiger partial charge in [0.1, 0.15) is 27.9 Å². The smallest absolute Gasteiger partial charge is 0.324 e. The van der Waals surface area contributed by atoms with E-state index in [0.29, 0.717) is 62.7 Å². The molecule has 0 unspecified atom stereocenters. The van der Waals surface area contributed by atoms with Crippen LogP contribution in [0.25, 0.3) is 22.3 Å². The first kappa shape index (κ1) is 48.3. The molecule has 0 saturated heterocycles. The number of ether oxygens (including phenoxy) is 4. The summed E-state index contributed by atoms with van der Waals surface area (Å²) in [6.07, 6.45) is 17.4. The summed E-state index contributed by atoms with van der Waals surface area (Å²) < 4.78 is 22.8. The minimum atomic E-state index is -0.505. The highest BCUT2D eigenvalue weighted by atomic mass is 35.5. The Labute approximate surface area is 399 Å². The van der Waals surface area contributed by atoms with Crippen molar-refractivity contribution in [3.8, 4) is 38.9 Å². The molecular formula is C45H50Cl2N10O7S2. The van der Waals surface area contributed by atoms with Gasteiger partial charge in [-0.3, -0.25) is 35.0 Å². The number of rotatable bonds is 16. The number of halogens is 2. The third-order valence-electron chi connectivity index (χ3n) is 11.3.